The second kappa shape index (κ2) is 5.81. The van der Waals surface area contributed by atoms with Crippen molar-refractivity contribution < 1.29 is 0 Å². The zero-order valence-corrected chi connectivity index (χ0v) is 12.0. The Balaban J connectivity index is 1.92. The second-order valence-electron chi connectivity index (χ2n) is 5.76. The molecule has 3 atom stereocenters. The standard InChI is InChI=1S/C15H25N3/c1-11-6-5-7-16-15(11)9-17-14-8-13(3)18(4)10-12(14)2/h5-7,12-14,17H,8-10H2,1-4H3. The van der Waals surface area contributed by atoms with Gasteiger partial charge in [0.25, 0.3) is 0 Å². The van der Waals surface area contributed by atoms with Gasteiger partial charge in [-0.25, -0.2) is 0 Å². The highest BCUT2D eigenvalue weighted by atomic mass is 15.2. The molecule has 1 N–H and O–H groups in total. The molecule has 1 fully saturated rings. The van der Waals surface area contributed by atoms with E-state index in [0.717, 1.165) is 6.54 Å². The maximum Gasteiger partial charge on any atom is 0.0570 e. The van der Waals surface area contributed by atoms with E-state index >= 15 is 0 Å². The summed E-state index contributed by atoms with van der Waals surface area (Å²) < 4.78 is 0. The molecule has 3 nitrogen and oxygen atoms in total. The van der Waals surface area contributed by atoms with E-state index < -0.39 is 0 Å². The van der Waals surface area contributed by atoms with Crippen molar-refractivity contribution in [1.29, 1.82) is 0 Å². The number of nitrogens with zero attached hydrogens (tertiary/aromatic N) is 2. The van der Waals surface area contributed by atoms with Gasteiger partial charge in [-0.3, -0.25) is 4.98 Å². The first-order valence-corrected chi connectivity index (χ1v) is 6.92. The van der Waals surface area contributed by atoms with Crippen LogP contribution < -0.4 is 5.32 Å². The van der Waals surface area contributed by atoms with Gasteiger partial charge in [-0.05, 0) is 44.9 Å². The highest BCUT2D eigenvalue weighted by Gasteiger charge is 2.28. The number of aryl methyl sites for hydroxylation is 1. The summed E-state index contributed by atoms with van der Waals surface area (Å²) >= 11 is 0. The fraction of sp³-hybridized carbons (Fsp3) is 0.667. The number of aromatic nitrogens is 1. The molecule has 18 heavy (non-hydrogen) atoms. The Bertz CT molecular complexity index is 391. The zero-order chi connectivity index (χ0) is 13.1. The van der Waals surface area contributed by atoms with Crippen molar-refractivity contribution in [1.82, 2.24) is 15.2 Å². The van der Waals surface area contributed by atoms with Gasteiger partial charge in [0, 0.05) is 31.4 Å². The van der Waals surface area contributed by atoms with Crippen LogP contribution in [-0.4, -0.2) is 35.6 Å². The molecule has 1 aromatic heterocycles. The fourth-order valence-electron chi connectivity index (χ4n) is 2.76. The first-order valence-electron chi connectivity index (χ1n) is 6.92. The van der Waals surface area contributed by atoms with Crippen molar-refractivity contribution in [2.45, 2.75) is 45.8 Å². The first-order chi connectivity index (χ1) is 8.58. The average Bonchev–Trinajstić information content (AvgIpc) is 2.34. The Morgan fingerprint density at radius 3 is 2.94 bits per heavy atom. The number of rotatable bonds is 3. The topological polar surface area (TPSA) is 28.2 Å². The van der Waals surface area contributed by atoms with Gasteiger partial charge >= 0.3 is 0 Å². The molecule has 1 aliphatic rings. The van der Waals surface area contributed by atoms with Crippen molar-refractivity contribution in [2.75, 3.05) is 13.6 Å². The Labute approximate surface area is 111 Å². The lowest BCUT2D eigenvalue weighted by Crippen LogP contribution is -2.50. The molecule has 2 heterocycles. The smallest absolute Gasteiger partial charge is 0.0570 e. The number of pyridine rings is 1. The summed E-state index contributed by atoms with van der Waals surface area (Å²) in [5.74, 6) is 0.704. The van der Waals surface area contributed by atoms with E-state index in [2.05, 4.69) is 49.1 Å². The van der Waals surface area contributed by atoms with E-state index in [1.807, 2.05) is 12.3 Å². The lowest BCUT2D eigenvalue weighted by Gasteiger charge is -2.40. The van der Waals surface area contributed by atoms with Crippen LogP contribution in [0.2, 0.25) is 0 Å². The van der Waals surface area contributed by atoms with Crippen molar-refractivity contribution in [2.24, 2.45) is 5.92 Å². The van der Waals surface area contributed by atoms with Gasteiger partial charge in [-0.1, -0.05) is 13.0 Å². The highest BCUT2D eigenvalue weighted by molar-refractivity contribution is 5.17. The maximum absolute atomic E-state index is 4.45. The van der Waals surface area contributed by atoms with Crippen LogP contribution >= 0.6 is 0 Å². The molecule has 1 aliphatic heterocycles. The molecular weight excluding hydrogens is 222 g/mol. The summed E-state index contributed by atoms with van der Waals surface area (Å²) in [6.45, 7) is 8.85. The highest BCUT2D eigenvalue weighted by Crippen LogP contribution is 2.21. The van der Waals surface area contributed by atoms with Crippen molar-refractivity contribution in [3.8, 4) is 0 Å². The summed E-state index contributed by atoms with van der Waals surface area (Å²) in [6, 6.07) is 5.41. The molecule has 0 saturated carbocycles. The maximum atomic E-state index is 4.45. The van der Waals surface area contributed by atoms with Crippen LogP contribution in [0.1, 0.15) is 31.5 Å². The van der Waals surface area contributed by atoms with Crippen molar-refractivity contribution >= 4 is 0 Å². The molecule has 100 valence electrons. The molecule has 3 unspecified atom stereocenters. The monoisotopic (exact) mass is 247 g/mol. The molecule has 0 bridgehead atoms. The van der Waals surface area contributed by atoms with Crippen LogP contribution in [0.3, 0.4) is 0 Å². The van der Waals surface area contributed by atoms with Gasteiger partial charge < -0.3 is 10.2 Å². The van der Waals surface area contributed by atoms with E-state index in [-0.39, 0.29) is 0 Å². The number of piperidine rings is 1. The fourth-order valence-corrected chi connectivity index (χ4v) is 2.76. The minimum atomic E-state index is 0.609. The molecule has 1 saturated heterocycles. The van der Waals surface area contributed by atoms with Crippen molar-refractivity contribution in [3.05, 3.63) is 29.6 Å². The van der Waals surface area contributed by atoms with Crippen LogP contribution in [0.25, 0.3) is 0 Å². The average molecular weight is 247 g/mol. The number of hydrogen-bond acceptors (Lipinski definition) is 3. The van der Waals surface area contributed by atoms with Gasteiger partial charge in [-0.15, -0.1) is 0 Å². The minimum absolute atomic E-state index is 0.609. The third kappa shape index (κ3) is 3.09. The van der Waals surface area contributed by atoms with Crippen LogP contribution in [0, 0.1) is 12.8 Å². The molecule has 0 spiro atoms. The van der Waals surface area contributed by atoms with Crippen molar-refractivity contribution in [3.63, 3.8) is 0 Å². The van der Waals surface area contributed by atoms with Gasteiger partial charge in [0.05, 0.1) is 5.69 Å². The Morgan fingerprint density at radius 2 is 2.22 bits per heavy atom. The predicted octanol–water partition coefficient (Wildman–Crippen LogP) is 2.21. The third-order valence-corrected chi connectivity index (χ3v) is 4.26. The number of likely N-dealkylation sites (tertiary alicyclic amines) is 1. The molecule has 2 rings (SSSR count). The number of nitrogens with one attached hydrogen (secondary N) is 1. The predicted molar refractivity (Wildman–Crippen MR) is 75.5 cm³/mol. The summed E-state index contributed by atoms with van der Waals surface area (Å²) in [6.07, 6.45) is 3.11. The van der Waals surface area contributed by atoms with E-state index in [0.29, 0.717) is 18.0 Å². The summed E-state index contributed by atoms with van der Waals surface area (Å²) in [4.78, 5) is 6.90. The third-order valence-electron chi connectivity index (χ3n) is 4.26. The van der Waals surface area contributed by atoms with E-state index in [1.165, 1.54) is 24.2 Å². The minimum Gasteiger partial charge on any atom is -0.308 e. The van der Waals surface area contributed by atoms with Crippen LogP contribution in [0.5, 0.6) is 0 Å². The molecular formula is C15H25N3. The Hall–Kier alpha value is -0.930. The van der Waals surface area contributed by atoms with Gasteiger partial charge in [0.2, 0.25) is 0 Å². The van der Waals surface area contributed by atoms with Crippen LogP contribution in [0.4, 0.5) is 0 Å². The van der Waals surface area contributed by atoms with Gasteiger partial charge in [0.1, 0.15) is 0 Å². The molecule has 0 aromatic carbocycles. The van der Waals surface area contributed by atoms with E-state index in [4.69, 9.17) is 0 Å². The molecule has 0 amide bonds. The molecule has 0 radical (unpaired) electrons. The Kier molecular flexibility index (Phi) is 4.36. The summed E-state index contributed by atoms with van der Waals surface area (Å²) in [5.41, 5.74) is 2.45. The lowest BCUT2D eigenvalue weighted by atomic mass is 9.90. The van der Waals surface area contributed by atoms with Crippen LogP contribution in [-0.2, 0) is 6.54 Å². The van der Waals surface area contributed by atoms with E-state index in [9.17, 15) is 0 Å². The normalized spacial score (nSPS) is 29.4. The summed E-state index contributed by atoms with van der Waals surface area (Å²) in [7, 11) is 2.22. The molecule has 0 aliphatic carbocycles. The van der Waals surface area contributed by atoms with Gasteiger partial charge in [-0.2, -0.15) is 0 Å². The van der Waals surface area contributed by atoms with Gasteiger partial charge in [0.15, 0.2) is 0 Å². The Morgan fingerprint density at radius 1 is 1.44 bits per heavy atom. The zero-order valence-electron chi connectivity index (χ0n) is 12.0. The quantitative estimate of drug-likeness (QED) is 0.887. The largest absolute Gasteiger partial charge is 0.308 e. The van der Waals surface area contributed by atoms with Crippen LogP contribution in [0.15, 0.2) is 18.3 Å². The summed E-state index contributed by atoms with van der Waals surface area (Å²) in [5, 5.41) is 3.69. The molecule has 3 heteroatoms. The van der Waals surface area contributed by atoms with E-state index in [1.54, 1.807) is 0 Å². The second-order valence-corrected chi connectivity index (χ2v) is 5.76. The first kappa shape index (κ1) is 13.5. The lowest BCUT2D eigenvalue weighted by molar-refractivity contribution is 0.121. The molecule has 1 aromatic rings. The SMILES string of the molecule is Cc1cccnc1CNC1CC(C)N(C)CC1C. The number of hydrogen-bond donors (Lipinski definition) is 1.